The Hall–Kier alpha value is -1.61. The van der Waals surface area contributed by atoms with Crippen molar-refractivity contribution in [3.63, 3.8) is 0 Å². The fourth-order valence-electron chi connectivity index (χ4n) is 3.44. The second-order valence-corrected chi connectivity index (χ2v) is 9.63. The van der Waals surface area contributed by atoms with Crippen LogP contribution in [0.5, 0.6) is 17.2 Å². The van der Waals surface area contributed by atoms with Gasteiger partial charge in [0.05, 0.1) is 31.4 Å². The number of nitrogens with zero attached hydrogens (tertiary/aromatic N) is 2. The lowest BCUT2D eigenvalue weighted by Crippen LogP contribution is -2.48. The van der Waals surface area contributed by atoms with Crippen LogP contribution >= 0.6 is 34.7 Å². The predicted molar refractivity (Wildman–Crippen MR) is 123 cm³/mol. The third kappa shape index (κ3) is 5.75. The first-order valence-corrected chi connectivity index (χ1v) is 12.0. The van der Waals surface area contributed by atoms with Crippen LogP contribution in [0.3, 0.4) is 0 Å². The molecular formula is C21H27ClN2O4S2. The van der Waals surface area contributed by atoms with Crippen LogP contribution in [0.15, 0.2) is 24.3 Å². The van der Waals surface area contributed by atoms with Crippen LogP contribution in [0.25, 0.3) is 0 Å². The van der Waals surface area contributed by atoms with Crippen molar-refractivity contribution in [2.45, 2.75) is 12.3 Å². The Morgan fingerprint density at radius 2 is 1.77 bits per heavy atom. The standard InChI is InChI=1S/C21H27ClN2O4S2/c1-26-17-6-4-15(20(27-2)21(17)28-3)12-23-8-10-24(11-9-23)19(25)14-29-13-16-5-7-18(22)30-16/h4-7H,8-14H2,1-3H3. The van der Waals surface area contributed by atoms with Crippen LogP contribution in [0.4, 0.5) is 0 Å². The molecule has 1 saturated heterocycles. The van der Waals surface area contributed by atoms with Gasteiger partial charge in [-0.3, -0.25) is 9.69 Å². The molecule has 2 heterocycles. The van der Waals surface area contributed by atoms with Gasteiger partial charge in [-0.1, -0.05) is 17.7 Å². The van der Waals surface area contributed by atoms with Gasteiger partial charge in [-0.05, 0) is 18.2 Å². The van der Waals surface area contributed by atoms with E-state index in [1.165, 1.54) is 4.88 Å². The van der Waals surface area contributed by atoms with Gasteiger partial charge in [0.2, 0.25) is 11.7 Å². The summed E-state index contributed by atoms with van der Waals surface area (Å²) in [6.45, 7) is 3.86. The average molecular weight is 471 g/mol. The predicted octanol–water partition coefficient (Wildman–Crippen LogP) is 4.00. The summed E-state index contributed by atoms with van der Waals surface area (Å²) in [5.74, 6) is 3.47. The lowest BCUT2D eigenvalue weighted by molar-refractivity contribution is -0.130. The molecule has 0 unspecified atom stereocenters. The number of methoxy groups -OCH3 is 3. The second-order valence-electron chi connectivity index (χ2n) is 6.85. The third-order valence-electron chi connectivity index (χ3n) is 5.00. The summed E-state index contributed by atoms with van der Waals surface area (Å²) < 4.78 is 17.2. The van der Waals surface area contributed by atoms with Crippen molar-refractivity contribution < 1.29 is 19.0 Å². The number of thioether (sulfide) groups is 1. The van der Waals surface area contributed by atoms with E-state index in [2.05, 4.69) is 4.90 Å². The zero-order valence-electron chi connectivity index (χ0n) is 17.5. The summed E-state index contributed by atoms with van der Waals surface area (Å²) in [4.78, 5) is 18.0. The normalized spacial score (nSPS) is 14.6. The second kappa shape index (κ2) is 11.1. The summed E-state index contributed by atoms with van der Waals surface area (Å²) in [5.41, 5.74) is 1.04. The van der Waals surface area contributed by atoms with E-state index in [1.54, 1.807) is 44.4 Å². The van der Waals surface area contributed by atoms with Gasteiger partial charge >= 0.3 is 0 Å². The smallest absolute Gasteiger partial charge is 0.232 e. The van der Waals surface area contributed by atoms with E-state index in [0.29, 0.717) is 23.0 Å². The van der Waals surface area contributed by atoms with Gasteiger partial charge in [0, 0.05) is 48.9 Å². The first kappa shape index (κ1) is 23.1. The Bertz CT molecular complexity index is 854. The molecule has 0 bridgehead atoms. The Morgan fingerprint density at radius 3 is 2.37 bits per heavy atom. The summed E-state index contributed by atoms with van der Waals surface area (Å²) in [5, 5.41) is 0. The average Bonchev–Trinajstić information content (AvgIpc) is 3.18. The van der Waals surface area contributed by atoms with Crippen LogP contribution < -0.4 is 14.2 Å². The van der Waals surface area contributed by atoms with Gasteiger partial charge in [0.1, 0.15) is 0 Å². The molecule has 0 spiro atoms. The zero-order chi connectivity index (χ0) is 21.5. The third-order valence-corrected chi connectivity index (χ3v) is 7.38. The van der Waals surface area contributed by atoms with Crippen LogP contribution in [0.2, 0.25) is 4.34 Å². The molecule has 0 aliphatic carbocycles. The molecule has 1 aliphatic rings. The van der Waals surface area contributed by atoms with Crippen molar-refractivity contribution in [2.24, 2.45) is 0 Å². The SMILES string of the molecule is COc1ccc(CN2CCN(C(=O)CSCc3ccc(Cl)s3)CC2)c(OC)c1OC. The maximum Gasteiger partial charge on any atom is 0.232 e. The highest BCUT2D eigenvalue weighted by molar-refractivity contribution is 7.99. The van der Waals surface area contributed by atoms with E-state index < -0.39 is 0 Å². The van der Waals surface area contributed by atoms with Gasteiger partial charge < -0.3 is 19.1 Å². The largest absolute Gasteiger partial charge is 0.493 e. The highest BCUT2D eigenvalue weighted by Crippen LogP contribution is 2.40. The number of carbonyl (C=O) groups is 1. The molecule has 1 aromatic heterocycles. The number of hydrogen-bond donors (Lipinski definition) is 0. The summed E-state index contributed by atoms with van der Waals surface area (Å²) in [6.07, 6.45) is 0. The minimum Gasteiger partial charge on any atom is -0.493 e. The number of piperazine rings is 1. The van der Waals surface area contributed by atoms with Crippen LogP contribution in [0.1, 0.15) is 10.4 Å². The minimum absolute atomic E-state index is 0.200. The minimum atomic E-state index is 0.200. The molecule has 2 aromatic rings. The molecule has 164 valence electrons. The van der Waals surface area contributed by atoms with Crippen molar-refractivity contribution >= 4 is 40.6 Å². The lowest BCUT2D eigenvalue weighted by Gasteiger charge is -2.35. The number of halogens is 1. The molecule has 1 aromatic carbocycles. The molecule has 1 fully saturated rings. The Kier molecular flexibility index (Phi) is 8.56. The lowest BCUT2D eigenvalue weighted by atomic mass is 10.1. The highest BCUT2D eigenvalue weighted by Gasteiger charge is 2.23. The molecule has 30 heavy (non-hydrogen) atoms. The maximum atomic E-state index is 12.5. The van der Waals surface area contributed by atoms with Crippen LogP contribution in [-0.4, -0.2) is 69.0 Å². The molecule has 1 aliphatic heterocycles. The summed E-state index contributed by atoms with van der Waals surface area (Å²) >= 11 is 9.17. The topological polar surface area (TPSA) is 51.2 Å². The van der Waals surface area contributed by atoms with Gasteiger partial charge in [-0.15, -0.1) is 23.1 Å². The van der Waals surface area contributed by atoms with E-state index in [-0.39, 0.29) is 5.91 Å². The molecule has 0 saturated carbocycles. The van der Waals surface area contributed by atoms with Crippen molar-refractivity contribution in [2.75, 3.05) is 53.3 Å². The van der Waals surface area contributed by atoms with Gasteiger partial charge in [0.15, 0.2) is 11.5 Å². The van der Waals surface area contributed by atoms with Crippen molar-refractivity contribution in [1.29, 1.82) is 0 Å². The molecule has 0 N–H and O–H groups in total. The number of ether oxygens (including phenoxy) is 3. The molecule has 9 heteroatoms. The van der Waals surface area contributed by atoms with Gasteiger partial charge in [-0.2, -0.15) is 0 Å². The van der Waals surface area contributed by atoms with Crippen LogP contribution in [-0.2, 0) is 17.1 Å². The highest BCUT2D eigenvalue weighted by atomic mass is 35.5. The van der Waals surface area contributed by atoms with E-state index in [9.17, 15) is 4.79 Å². The number of hydrogen-bond acceptors (Lipinski definition) is 7. The number of thiophene rings is 1. The van der Waals surface area contributed by atoms with E-state index in [1.807, 2.05) is 29.2 Å². The van der Waals surface area contributed by atoms with E-state index in [0.717, 1.165) is 48.4 Å². The molecular weight excluding hydrogens is 444 g/mol. The van der Waals surface area contributed by atoms with E-state index >= 15 is 0 Å². The maximum absolute atomic E-state index is 12.5. The number of rotatable bonds is 9. The van der Waals surface area contributed by atoms with Crippen molar-refractivity contribution in [1.82, 2.24) is 9.80 Å². The number of carbonyl (C=O) groups excluding carboxylic acids is 1. The molecule has 3 rings (SSSR count). The molecule has 1 amide bonds. The fraction of sp³-hybridized carbons (Fsp3) is 0.476. The van der Waals surface area contributed by atoms with Crippen molar-refractivity contribution in [3.05, 3.63) is 39.0 Å². The van der Waals surface area contributed by atoms with Crippen molar-refractivity contribution in [3.8, 4) is 17.2 Å². The van der Waals surface area contributed by atoms with E-state index in [4.69, 9.17) is 25.8 Å². The Labute approximate surface area is 191 Å². The van der Waals surface area contributed by atoms with Crippen LogP contribution in [0, 0.1) is 0 Å². The molecule has 0 atom stereocenters. The first-order valence-electron chi connectivity index (χ1n) is 9.65. The van der Waals surface area contributed by atoms with Gasteiger partial charge in [-0.25, -0.2) is 0 Å². The zero-order valence-corrected chi connectivity index (χ0v) is 19.9. The molecule has 0 radical (unpaired) electrons. The summed E-state index contributed by atoms with van der Waals surface area (Å²) in [7, 11) is 4.86. The van der Waals surface area contributed by atoms with Gasteiger partial charge in [0.25, 0.3) is 0 Å². The first-order chi connectivity index (χ1) is 14.5. The Balaban J connectivity index is 1.49. The monoisotopic (exact) mass is 470 g/mol. The fourth-order valence-corrected chi connectivity index (χ4v) is 5.57. The number of amides is 1. The summed E-state index contributed by atoms with van der Waals surface area (Å²) in [6, 6.07) is 7.82. The molecule has 6 nitrogen and oxygen atoms in total. The Morgan fingerprint density at radius 1 is 1.03 bits per heavy atom. The quantitative estimate of drug-likeness (QED) is 0.552. The number of benzene rings is 1.